The number of nitrogens with one attached hydrogen (secondary N) is 1. The summed E-state index contributed by atoms with van der Waals surface area (Å²) in [5.74, 6) is -4.60. The molecule has 1 aliphatic rings. The Labute approximate surface area is 165 Å². The summed E-state index contributed by atoms with van der Waals surface area (Å²) in [7, 11) is 0. The van der Waals surface area contributed by atoms with Crippen molar-refractivity contribution in [3.8, 4) is 11.5 Å². The molecule has 7 heteroatoms. The molecule has 0 spiro atoms. The monoisotopic (exact) mass is 401 g/mol. The number of carbonyl (C=O) groups excluding carboxylic acids is 2. The first-order valence-electron chi connectivity index (χ1n) is 8.82. The first-order valence-corrected chi connectivity index (χ1v) is 8.82. The van der Waals surface area contributed by atoms with Crippen LogP contribution in [-0.4, -0.2) is 11.7 Å². The fraction of sp³-hybridized carbons (Fsp3) is 0.182. The standard InChI is InChI=1S/C22H18F3NO3/c1-13-6-8-17(12-19(13)23)29-20-10-14(22(2,24)25)7-9-18(20)21(28)26-15-4-3-5-16(27)11-15/h3-4,6-12H,5H2,1-2H3,(H,26,28). The minimum atomic E-state index is -3.16. The van der Waals surface area contributed by atoms with Gasteiger partial charge in [0.1, 0.15) is 17.3 Å². The smallest absolute Gasteiger partial charge is 0.270 e. The molecule has 0 aliphatic heterocycles. The van der Waals surface area contributed by atoms with Gasteiger partial charge in [0.25, 0.3) is 11.8 Å². The summed E-state index contributed by atoms with van der Waals surface area (Å²) in [4.78, 5) is 24.2. The van der Waals surface area contributed by atoms with Gasteiger partial charge in [0.15, 0.2) is 5.78 Å². The Morgan fingerprint density at radius 1 is 1.17 bits per heavy atom. The zero-order valence-corrected chi connectivity index (χ0v) is 15.8. The maximum atomic E-state index is 13.8. The van der Waals surface area contributed by atoms with Gasteiger partial charge in [-0.15, -0.1) is 0 Å². The van der Waals surface area contributed by atoms with Gasteiger partial charge in [-0.05, 0) is 36.8 Å². The van der Waals surface area contributed by atoms with E-state index in [4.69, 9.17) is 4.74 Å². The fourth-order valence-corrected chi connectivity index (χ4v) is 2.69. The highest BCUT2D eigenvalue weighted by Gasteiger charge is 2.27. The van der Waals surface area contributed by atoms with Crippen LogP contribution in [0.2, 0.25) is 0 Å². The Hall–Kier alpha value is -3.35. The molecular formula is C22H18F3NO3. The Bertz CT molecular complexity index is 1040. The van der Waals surface area contributed by atoms with Crippen LogP contribution in [0.25, 0.3) is 0 Å². The van der Waals surface area contributed by atoms with E-state index in [0.29, 0.717) is 5.56 Å². The van der Waals surface area contributed by atoms with E-state index in [1.54, 1.807) is 19.1 Å². The molecular weight excluding hydrogens is 383 g/mol. The molecule has 0 heterocycles. The van der Waals surface area contributed by atoms with Crippen molar-refractivity contribution in [2.75, 3.05) is 0 Å². The van der Waals surface area contributed by atoms with Gasteiger partial charge in [0.05, 0.1) is 5.56 Å². The van der Waals surface area contributed by atoms with Crippen LogP contribution in [0.5, 0.6) is 11.5 Å². The lowest BCUT2D eigenvalue weighted by atomic mass is 10.0. The quantitative estimate of drug-likeness (QED) is 0.751. The molecule has 2 aromatic carbocycles. The predicted octanol–water partition coefficient (Wildman–Crippen LogP) is 5.18. The topological polar surface area (TPSA) is 55.4 Å². The van der Waals surface area contributed by atoms with Gasteiger partial charge in [0.2, 0.25) is 0 Å². The molecule has 0 atom stereocenters. The van der Waals surface area contributed by atoms with Crippen molar-refractivity contribution >= 4 is 11.7 Å². The number of hydrogen-bond acceptors (Lipinski definition) is 3. The van der Waals surface area contributed by atoms with Gasteiger partial charge in [-0.3, -0.25) is 9.59 Å². The number of halogens is 3. The number of aryl methyl sites for hydroxylation is 1. The Morgan fingerprint density at radius 2 is 1.93 bits per heavy atom. The van der Waals surface area contributed by atoms with Crippen molar-refractivity contribution in [1.82, 2.24) is 5.32 Å². The first kappa shape index (κ1) is 20.4. The van der Waals surface area contributed by atoms with Gasteiger partial charge >= 0.3 is 0 Å². The second kappa shape index (κ2) is 7.95. The Kier molecular flexibility index (Phi) is 5.59. The SMILES string of the molecule is Cc1ccc(Oc2cc(C(C)(F)F)ccc2C(=O)NC2=CC(=O)CC=C2)cc1F. The molecule has 150 valence electrons. The van der Waals surface area contributed by atoms with Crippen LogP contribution in [0, 0.1) is 12.7 Å². The number of amides is 1. The van der Waals surface area contributed by atoms with Gasteiger partial charge in [-0.1, -0.05) is 18.2 Å². The van der Waals surface area contributed by atoms with E-state index in [-0.39, 0.29) is 40.5 Å². The molecule has 0 fully saturated rings. The second-order valence-electron chi connectivity index (χ2n) is 6.74. The highest BCUT2D eigenvalue weighted by atomic mass is 19.3. The molecule has 0 saturated carbocycles. The van der Waals surface area contributed by atoms with Crippen molar-refractivity contribution in [2.45, 2.75) is 26.2 Å². The lowest BCUT2D eigenvalue weighted by molar-refractivity contribution is -0.113. The molecule has 0 aromatic heterocycles. The lowest BCUT2D eigenvalue weighted by Crippen LogP contribution is -2.24. The van der Waals surface area contributed by atoms with Gasteiger partial charge < -0.3 is 10.1 Å². The van der Waals surface area contributed by atoms with Crippen molar-refractivity contribution in [1.29, 1.82) is 0 Å². The fourth-order valence-electron chi connectivity index (χ4n) is 2.69. The number of ketones is 1. The van der Waals surface area contributed by atoms with Crippen LogP contribution in [0.15, 0.2) is 60.3 Å². The normalized spacial score (nSPS) is 13.8. The molecule has 1 aliphatic carbocycles. The minimum Gasteiger partial charge on any atom is -0.456 e. The summed E-state index contributed by atoms with van der Waals surface area (Å²) in [5, 5.41) is 2.54. The third-order valence-electron chi connectivity index (χ3n) is 4.30. The van der Waals surface area contributed by atoms with E-state index < -0.39 is 17.6 Å². The molecule has 0 radical (unpaired) electrons. The average molecular weight is 401 g/mol. The Morgan fingerprint density at radius 3 is 2.59 bits per heavy atom. The zero-order valence-electron chi connectivity index (χ0n) is 15.8. The number of allylic oxidation sites excluding steroid dienone is 3. The molecule has 3 rings (SSSR count). The largest absolute Gasteiger partial charge is 0.456 e. The molecule has 0 saturated heterocycles. The van der Waals surface area contributed by atoms with Crippen LogP contribution in [0.4, 0.5) is 13.2 Å². The molecule has 2 aromatic rings. The van der Waals surface area contributed by atoms with Crippen LogP contribution in [-0.2, 0) is 10.7 Å². The second-order valence-corrected chi connectivity index (χ2v) is 6.74. The lowest BCUT2D eigenvalue weighted by Gasteiger charge is -2.17. The van der Waals surface area contributed by atoms with Crippen molar-refractivity contribution in [2.24, 2.45) is 0 Å². The number of rotatable bonds is 5. The summed E-state index contributed by atoms with van der Waals surface area (Å²) >= 11 is 0. The molecule has 1 amide bonds. The molecule has 29 heavy (non-hydrogen) atoms. The van der Waals surface area contributed by atoms with E-state index in [9.17, 15) is 22.8 Å². The summed E-state index contributed by atoms with van der Waals surface area (Å²) in [5.41, 5.74) is 0.281. The Balaban J connectivity index is 1.96. The van der Waals surface area contributed by atoms with E-state index in [1.807, 2.05) is 0 Å². The number of carbonyl (C=O) groups is 2. The van der Waals surface area contributed by atoms with Crippen molar-refractivity contribution < 1.29 is 27.5 Å². The first-order chi connectivity index (χ1) is 13.6. The molecule has 0 bridgehead atoms. The van der Waals surface area contributed by atoms with E-state index in [2.05, 4.69) is 5.32 Å². The minimum absolute atomic E-state index is 0.0358. The molecule has 1 N–H and O–H groups in total. The van der Waals surface area contributed by atoms with E-state index >= 15 is 0 Å². The van der Waals surface area contributed by atoms with Crippen LogP contribution in [0.1, 0.15) is 34.8 Å². The predicted molar refractivity (Wildman–Crippen MR) is 102 cm³/mol. The van der Waals surface area contributed by atoms with Gasteiger partial charge in [0, 0.05) is 36.7 Å². The summed E-state index contributed by atoms with van der Waals surface area (Å²) in [6, 6.07) is 7.43. The van der Waals surface area contributed by atoms with Crippen LogP contribution >= 0.6 is 0 Å². The van der Waals surface area contributed by atoms with Crippen molar-refractivity contribution in [3.63, 3.8) is 0 Å². The third kappa shape index (κ3) is 4.93. The van der Waals surface area contributed by atoms with E-state index in [1.165, 1.54) is 24.3 Å². The van der Waals surface area contributed by atoms with Crippen LogP contribution < -0.4 is 10.1 Å². The van der Waals surface area contributed by atoms with E-state index in [0.717, 1.165) is 25.1 Å². The van der Waals surface area contributed by atoms with Crippen LogP contribution in [0.3, 0.4) is 0 Å². The van der Waals surface area contributed by atoms with Gasteiger partial charge in [-0.25, -0.2) is 13.2 Å². The highest BCUT2D eigenvalue weighted by Crippen LogP contribution is 2.34. The molecule has 0 unspecified atom stereocenters. The maximum Gasteiger partial charge on any atom is 0.270 e. The molecule has 4 nitrogen and oxygen atoms in total. The summed E-state index contributed by atoms with van der Waals surface area (Å²) < 4.78 is 46.9. The average Bonchev–Trinajstić information content (AvgIpc) is 2.64. The number of hydrogen-bond donors (Lipinski definition) is 1. The van der Waals surface area contributed by atoms with Gasteiger partial charge in [-0.2, -0.15) is 0 Å². The number of benzene rings is 2. The highest BCUT2D eigenvalue weighted by molar-refractivity contribution is 6.00. The zero-order chi connectivity index (χ0) is 21.2. The van der Waals surface area contributed by atoms with Crippen molar-refractivity contribution in [3.05, 3.63) is 82.8 Å². The summed E-state index contributed by atoms with van der Waals surface area (Å²) in [6.07, 6.45) is 4.70. The number of ether oxygens (including phenoxy) is 1. The maximum absolute atomic E-state index is 13.8. The third-order valence-corrected chi connectivity index (χ3v) is 4.30. The number of alkyl halides is 2. The summed E-state index contributed by atoms with van der Waals surface area (Å²) in [6.45, 7) is 2.30.